The van der Waals surface area contributed by atoms with Crippen LogP contribution in [0.1, 0.15) is 77.0 Å². The summed E-state index contributed by atoms with van der Waals surface area (Å²) in [5.74, 6) is 1.62. The van der Waals surface area contributed by atoms with Gasteiger partial charge in [0.15, 0.2) is 0 Å². The number of rotatable bonds is 1. The fourth-order valence-corrected chi connectivity index (χ4v) is 4.93. The summed E-state index contributed by atoms with van der Waals surface area (Å²) in [6, 6.07) is 1.40. The van der Waals surface area contributed by atoms with Gasteiger partial charge >= 0.3 is 0 Å². The number of likely N-dealkylation sites (tertiary alicyclic amines) is 1. The fraction of sp³-hybridized carbons (Fsp3) is 1.00. The van der Waals surface area contributed by atoms with Crippen LogP contribution in [0.2, 0.25) is 0 Å². The Morgan fingerprint density at radius 2 is 1.05 bits per heavy atom. The molecular weight excluding hydrogens is 244 g/mol. The lowest BCUT2D eigenvalue weighted by atomic mass is 9.90. The van der Waals surface area contributed by atoms with Crippen molar-refractivity contribution in [3.05, 3.63) is 0 Å². The minimum atomic E-state index is 0.522. The zero-order valence-electron chi connectivity index (χ0n) is 13.2. The summed E-state index contributed by atoms with van der Waals surface area (Å²) in [6.45, 7) is 2.62. The molecule has 1 saturated heterocycles. The molecule has 2 N–H and O–H groups in total. The molecule has 0 radical (unpaired) electrons. The van der Waals surface area contributed by atoms with Crippen molar-refractivity contribution < 1.29 is 0 Å². The van der Waals surface area contributed by atoms with Gasteiger partial charge in [0.1, 0.15) is 0 Å². The molecule has 2 aliphatic carbocycles. The van der Waals surface area contributed by atoms with E-state index in [0.717, 1.165) is 17.9 Å². The van der Waals surface area contributed by atoms with E-state index in [1.54, 1.807) is 0 Å². The summed E-state index contributed by atoms with van der Waals surface area (Å²) >= 11 is 0. The first-order chi connectivity index (χ1) is 9.84. The quantitative estimate of drug-likeness (QED) is 0.787. The lowest BCUT2D eigenvalue weighted by Gasteiger charge is -2.41. The Hall–Kier alpha value is -0.0800. The maximum atomic E-state index is 6.37. The van der Waals surface area contributed by atoms with Crippen molar-refractivity contribution in [2.24, 2.45) is 17.6 Å². The predicted molar refractivity (Wildman–Crippen MR) is 85.7 cm³/mol. The topological polar surface area (TPSA) is 29.3 Å². The second kappa shape index (κ2) is 7.26. The zero-order valence-corrected chi connectivity index (χ0v) is 13.2. The maximum Gasteiger partial charge on any atom is 0.0120 e. The summed E-state index contributed by atoms with van der Waals surface area (Å²) in [5.41, 5.74) is 6.37. The molecule has 2 saturated carbocycles. The molecule has 2 heteroatoms. The largest absolute Gasteiger partial charge is 0.327 e. The van der Waals surface area contributed by atoms with Crippen LogP contribution in [0.25, 0.3) is 0 Å². The molecule has 0 aromatic rings. The van der Waals surface area contributed by atoms with Crippen molar-refractivity contribution >= 4 is 0 Å². The van der Waals surface area contributed by atoms with Gasteiger partial charge in [0.05, 0.1) is 0 Å². The van der Waals surface area contributed by atoms with Crippen LogP contribution in [0.5, 0.6) is 0 Å². The highest BCUT2D eigenvalue weighted by atomic mass is 15.2. The van der Waals surface area contributed by atoms with Gasteiger partial charge in [-0.05, 0) is 37.5 Å². The fourth-order valence-electron chi connectivity index (χ4n) is 4.93. The van der Waals surface area contributed by atoms with Crippen molar-refractivity contribution in [1.82, 2.24) is 4.90 Å². The van der Waals surface area contributed by atoms with Crippen LogP contribution in [0.15, 0.2) is 0 Å². The molecule has 2 nitrogen and oxygen atoms in total. The number of nitrogens with two attached hydrogens (primary N) is 1. The highest BCUT2D eigenvalue weighted by molar-refractivity contribution is 4.96. The molecule has 1 aliphatic heterocycles. The minimum Gasteiger partial charge on any atom is -0.327 e. The second-order valence-electron chi connectivity index (χ2n) is 7.69. The van der Waals surface area contributed by atoms with E-state index in [1.165, 1.54) is 90.1 Å². The van der Waals surface area contributed by atoms with Gasteiger partial charge in [-0.2, -0.15) is 0 Å². The molecule has 3 rings (SSSR count). The molecule has 2 atom stereocenters. The van der Waals surface area contributed by atoms with Gasteiger partial charge in [0, 0.05) is 25.2 Å². The van der Waals surface area contributed by atoms with Crippen molar-refractivity contribution in [2.75, 3.05) is 13.1 Å². The van der Waals surface area contributed by atoms with Crippen molar-refractivity contribution in [1.29, 1.82) is 0 Å². The highest BCUT2D eigenvalue weighted by Gasteiger charge is 2.41. The van der Waals surface area contributed by atoms with Gasteiger partial charge in [-0.15, -0.1) is 0 Å². The van der Waals surface area contributed by atoms with Gasteiger partial charge in [-0.1, -0.05) is 51.4 Å². The normalized spacial score (nSPS) is 38.5. The van der Waals surface area contributed by atoms with Gasteiger partial charge in [0.2, 0.25) is 0 Å². The molecule has 3 aliphatic rings. The summed E-state index contributed by atoms with van der Waals surface area (Å²) in [6.07, 6.45) is 17.5. The molecule has 2 bridgehead atoms. The van der Waals surface area contributed by atoms with E-state index in [0.29, 0.717) is 6.04 Å². The molecule has 0 spiro atoms. The van der Waals surface area contributed by atoms with Gasteiger partial charge < -0.3 is 5.73 Å². The Labute approximate surface area is 125 Å². The van der Waals surface area contributed by atoms with Crippen molar-refractivity contribution in [3.8, 4) is 0 Å². The van der Waals surface area contributed by atoms with E-state index in [1.807, 2.05) is 0 Å². The Balaban J connectivity index is 1.55. The van der Waals surface area contributed by atoms with E-state index >= 15 is 0 Å². The summed E-state index contributed by atoms with van der Waals surface area (Å²) in [5, 5.41) is 0. The molecule has 20 heavy (non-hydrogen) atoms. The van der Waals surface area contributed by atoms with E-state index in [9.17, 15) is 0 Å². The van der Waals surface area contributed by atoms with Gasteiger partial charge in [-0.25, -0.2) is 0 Å². The molecule has 3 fully saturated rings. The molecule has 2 unspecified atom stereocenters. The summed E-state index contributed by atoms with van der Waals surface area (Å²) in [4.78, 5) is 2.85. The Bertz CT molecular complexity index is 265. The van der Waals surface area contributed by atoms with Crippen LogP contribution in [0.3, 0.4) is 0 Å². The van der Waals surface area contributed by atoms with Crippen LogP contribution >= 0.6 is 0 Å². The first-order valence-corrected chi connectivity index (χ1v) is 9.34. The highest BCUT2D eigenvalue weighted by Crippen LogP contribution is 2.37. The Kier molecular flexibility index (Phi) is 5.39. The third-order valence-electron chi connectivity index (χ3n) is 6.28. The van der Waals surface area contributed by atoms with E-state index in [-0.39, 0.29) is 0 Å². The lowest BCUT2D eigenvalue weighted by molar-refractivity contribution is 0.0890. The Morgan fingerprint density at radius 3 is 1.55 bits per heavy atom. The van der Waals surface area contributed by atoms with Crippen molar-refractivity contribution in [3.63, 3.8) is 0 Å². The number of hydrogen-bond acceptors (Lipinski definition) is 2. The van der Waals surface area contributed by atoms with Crippen LogP contribution < -0.4 is 5.73 Å². The number of fused-ring (bicyclic) bond motifs is 2. The van der Waals surface area contributed by atoms with Crippen LogP contribution in [-0.4, -0.2) is 30.1 Å². The van der Waals surface area contributed by atoms with Crippen molar-refractivity contribution in [2.45, 2.75) is 89.1 Å². The third kappa shape index (κ3) is 3.57. The summed E-state index contributed by atoms with van der Waals surface area (Å²) < 4.78 is 0. The van der Waals surface area contributed by atoms with E-state index < -0.39 is 0 Å². The first-order valence-electron chi connectivity index (χ1n) is 9.34. The molecule has 0 aromatic carbocycles. The smallest absolute Gasteiger partial charge is 0.0120 e. The van der Waals surface area contributed by atoms with Crippen LogP contribution in [-0.2, 0) is 0 Å². The monoisotopic (exact) mass is 278 g/mol. The lowest BCUT2D eigenvalue weighted by Crippen LogP contribution is -2.52. The number of nitrogens with zero attached hydrogens (tertiary/aromatic N) is 1. The minimum absolute atomic E-state index is 0.522. The molecule has 116 valence electrons. The van der Waals surface area contributed by atoms with E-state index in [4.69, 9.17) is 5.73 Å². The van der Waals surface area contributed by atoms with Gasteiger partial charge in [0.25, 0.3) is 0 Å². The molecule has 1 heterocycles. The number of piperidine rings is 1. The third-order valence-corrected chi connectivity index (χ3v) is 6.28. The average molecular weight is 278 g/mol. The second-order valence-corrected chi connectivity index (χ2v) is 7.69. The SMILES string of the molecule is NC1C2CCC1CN(C1CCCCCCCCCC1)C2. The zero-order chi connectivity index (χ0) is 13.8. The summed E-state index contributed by atoms with van der Waals surface area (Å²) in [7, 11) is 0. The molecule has 0 amide bonds. The van der Waals surface area contributed by atoms with Gasteiger partial charge in [-0.3, -0.25) is 4.90 Å². The van der Waals surface area contributed by atoms with E-state index in [2.05, 4.69) is 4.90 Å². The first kappa shape index (κ1) is 14.8. The molecule has 0 aromatic heterocycles. The average Bonchev–Trinajstić information content (AvgIpc) is 2.70. The predicted octanol–water partition coefficient (Wildman–Crippen LogP) is 3.94. The maximum absolute atomic E-state index is 6.37. The standard InChI is InChI=1S/C18H34N2/c19-18-15-11-12-16(18)14-20(13-15)17-9-7-5-3-1-2-4-6-8-10-17/h15-18H,1-14,19H2. The van der Waals surface area contributed by atoms with Crippen LogP contribution in [0.4, 0.5) is 0 Å². The Morgan fingerprint density at radius 1 is 0.600 bits per heavy atom. The van der Waals surface area contributed by atoms with Crippen LogP contribution in [0, 0.1) is 11.8 Å². The number of hydrogen-bond donors (Lipinski definition) is 1. The molecular formula is C18H34N2.